The number of hydroxylamine groups is 2. The number of carboxylic acid groups (broad SMARTS) is 1. The largest absolute Gasteiger partial charge is 0.477 e. The molecule has 0 fully saturated rings. The van der Waals surface area contributed by atoms with Gasteiger partial charge in [0.05, 0.1) is 0 Å². The maximum atomic E-state index is 11.1. The summed E-state index contributed by atoms with van der Waals surface area (Å²) in [6.07, 6.45) is 1.05. The molecule has 1 rings (SSSR count). The first-order valence-corrected chi connectivity index (χ1v) is 4.24. The molecule has 0 atom stereocenters. The summed E-state index contributed by atoms with van der Waals surface area (Å²) < 4.78 is 0. The lowest BCUT2D eigenvalue weighted by Gasteiger charge is -2.06. The van der Waals surface area contributed by atoms with Gasteiger partial charge in [-0.25, -0.2) is 4.79 Å². The molecule has 6 heteroatoms. The number of aliphatic carboxylic acids is 1. The third-order valence-electron chi connectivity index (χ3n) is 1.75. The second kappa shape index (κ2) is 5.06. The quantitative estimate of drug-likeness (QED) is 0.231. The van der Waals surface area contributed by atoms with Crippen molar-refractivity contribution in [1.29, 1.82) is 0 Å². The molecule has 0 aliphatic carbocycles. The Kier molecular flexibility index (Phi) is 3.76. The second-order valence-corrected chi connectivity index (χ2v) is 2.87. The highest BCUT2D eigenvalue weighted by Gasteiger charge is 2.21. The molecule has 3 N–H and O–H groups in total. The van der Waals surface area contributed by atoms with Gasteiger partial charge in [-0.2, -0.15) is 0 Å². The SMILES string of the molecule is O=C(O)C(=Cc1ccccc1)C(=O)N(O)O. The summed E-state index contributed by atoms with van der Waals surface area (Å²) >= 11 is 0. The van der Waals surface area contributed by atoms with E-state index in [1.165, 1.54) is 0 Å². The first-order chi connectivity index (χ1) is 7.52. The monoisotopic (exact) mass is 223 g/mol. The Morgan fingerprint density at radius 3 is 2.12 bits per heavy atom. The van der Waals surface area contributed by atoms with Crippen LogP contribution in [0.2, 0.25) is 0 Å². The molecule has 0 aliphatic rings. The summed E-state index contributed by atoms with van der Waals surface area (Å²) in [5, 5.41) is 24.9. The molecule has 0 bridgehead atoms. The van der Waals surface area contributed by atoms with E-state index in [-0.39, 0.29) is 0 Å². The fraction of sp³-hybridized carbons (Fsp3) is 0. The average molecular weight is 223 g/mol. The number of carbonyl (C=O) groups excluding carboxylic acids is 1. The highest BCUT2D eigenvalue weighted by Crippen LogP contribution is 2.08. The normalized spacial score (nSPS) is 11.0. The van der Waals surface area contributed by atoms with E-state index in [1.807, 2.05) is 0 Å². The van der Waals surface area contributed by atoms with Crippen LogP contribution < -0.4 is 0 Å². The van der Waals surface area contributed by atoms with E-state index in [0.29, 0.717) is 5.56 Å². The summed E-state index contributed by atoms with van der Waals surface area (Å²) in [5.74, 6) is -2.95. The molecular weight excluding hydrogens is 214 g/mol. The van der Waals surface area contributed by atoms with Crippen molar-refractivity contribution >= 4 is 18.0 Å². The Labute approximate surface area is 90.6 Å². The van der Waals surface area contributed by atoms with E-state index in [0.717, 1.165) is 6.08 Å². The number of nitrogens with zero attached hydrogens (tertiary/aromatic N) is 1. The highest BCUT2D eigenvalue weighted by molar-refractivity contribution is 6.18. The molecule has 0 spiro atoms. The molecule has 1 amide bonds. The number of amides is 1. The van der Waals surface area contributed by atoms with Crippen molar-refractivity contribution in [3.8, 4) is 0 Å². The van der Waals surface area contributed by atoms with Crippen molar-refractivity contribution in [1.82, 2.24) is 5.23 Å². The smallest absolute Gasteiger partial charge is 0.341 e. The number of carbonyl (C=O) groups is 2. The molecular formula is C10H9NO5. The molecule has 0 saturated carbocycles. The van der Waals surface area contributed by atoms with E-state index >= 15 is 0 Å². The van der Waals surface area contributed by atoms with Gasteiger partial charge in [-0.05, 0) is 11.6 Å². The van der Waals surface area contributed by atoms with Crippen LogP contribution in [0.5, 0.6) is 0 Å². The Morgan fingerprint density at radius 2 is 1.69 bits per heavy atom. The summed E-state index contributed by atoms with van der Waals surface area (Å²) in [7, 11) is 0. The number of carboxylic acids is 1. The van der Waals surface area contributed by atoms with Crippen LogP contribution in [0.3, 0.4) is 0 Å². The minimum Gasteiger partial charge on any atom is -0.477 e. The average Bonchev–Trinajstić information content (AvgIpc) is 2.26. The molecule has 0 aromatic heterocycles. The van der Waals surface area contributed by atoms with Gasteiger partial charge in [-0.15, -0.1) is 0 Å². The van der Waals surface area contributed by atoms with Crippen LogP contribution in [-0.4, -0.2) is 32.6 Å². The van der Waals surface area contributed by atoms with E-state index in [2.05, 4.69) is 0 Å². The molecule has 0 aliphatic heterocycles. The molecule has 84 valence electrons. The second-order valence-electron chi connectivity index (χ2n) is 2.87. The van der Waals surface area contributed by atoms with Crippen molar-refractivity contribution in [3.05, 3.63) is 41.5 Å². The Morgan fingerprint density at radius 1 is 1.12 bits per heavy atom. The van der Waals surface area contributed by atoms with Crippen molar-refractivity contribution in [3.63, 3.8) is 0 Å². The van der Waals surface area contributed by atoms with Gasteiger partial charge in [0.25, 0.3) is 0 Å². The lowest BCUT2D eigenvalue weighted by Crippen LogP contribution is -2.28. The van der Waals surface area contributed by atoms with Crippen molar-refractivity contribution < 1.29 is 25.1 Å². The van der Waals surface area contributed by atoms with Gasteiger partial charge in [0.15, 0.2) is 0 Å². The molecule has 0 heterocycles. The first-order valence-electron chi connectivity index (χ1n) is 4.24. The number of benzene rings is 1. The van der Waals surface area contributed by atoms with E-state index in [4.69, 9.17) is 15.5 Å². The summed E-state index contributed by atoms with van der Waals surface area (Å²) in [6, 6.07) is 8.20. The van der Waals surface area contributed by atoms with Gasteiger partial charge in [-0.3, -0.25) is 15.2 Å². The van der Waals surface area contributed by atoms with Crippen LogP contribution in [0.4, 0.5) is 0 Å². The van der Waals surface area contributed by atoms with Crippen LogP contribution in [-0.2, 0) is 9.59 Å². The van der Waals surface area contributed by atoms with E-state index in [1.54, 1.807) is 30.3 Å². The summed E-state index contributed by atoms with van der Waals surface area (Å²) in [4.78, 5) is 21.8. The van der Waals surface area contributed by atoms with Crippen molar-refractivity contribution in [2.75, 3.05) is 0 Å². The zero-order valence-electron chi connectivity index (χ0n) is 8.07. The molecule has 0 radical (unpaired) electrons. The molecule has 6 nitrogen and oxygen atoms in total. The standard InChI is InChI=1S/C10H9NO5/c12-9(11(15)16)8(10(13)14)6-7-4-2-1-3-5-7/h1-6,15-16H,(H,13,14). The zero-order chi connectivity index (χ0) is 12.1. The van der Waals surface area contributed by atoms with Crippen molar-refractivity contribution in [2.45, 2.75) is 0 Å². The van der Waals surface area contributed by atoms with Crippen molar-refractivity contribution in [2.24, 2.45) is 0 Å². The van der Waals surface area contributed by atoms with Gasteiger partial charge in [0.2, 0.25) is 0 Å². The predicted octanol–water partition coefficient (Wildman–Crippen LogP) is 0.762. The first kappa shape index (κ1) is 11.9. The topological polar surface area (TPSA) is 98.1 Å². The van der Waals surface area contributed by atoms with E-state index < -0.39 is 22.7 Å². The number of hydrogen-bond acceptors (Lipinski definition) is 4. The van der Waals surface area contributed by atoms with Crippen LogP contribution in [0.1, 0.15) is 5.56 Å². The fourth-order valence-corrected chi connectivity index (χ4v) is 1.04. The van der Waals surface area contributed by atoms with Crippen LogP contribution in [0.25, 0.3) is 6.08 Å². The van der Waals surface area contributed by atoms with Gasteiger partial charge in [-0.1, -0.05) is 35.6 Å². The zero-order valence-corrected chi connectivity index (χ0v) is 8.07. The maximum absolute atomic E-state index is 11.1. The van der Waals surface area contributed by atoms with Gasteiger partial charge < -0.3 is 5.11 Å². The lowest BCUT2D eigenvalue weighted by molar-refractivity contribution is -0.281. The Balaban J connectivity index is 3.09. The molecule has 0 saturated heterocycles. The molecule has 0 unspecified atom stereocenters. The predicted molar refractivity (Wildman–Crippen MR) is 52.5 cm³/mol. The van der Waals surface area contributed by atoms with E-state index in [9.17, 15) is 9.59 Å². The highest BCUT2D eigenvalue weighted by atomic mass is 16.8. The van der Waals surface area contributed by atoms with Crippen LogP contribution in [0, 0.1) is 0 Å². The number of hydrogen-bond donors (Lipinski definition) is 3. The summed E-state index contributed by atoms with van der Waals surface area (Å²) in [6.45, 7) is 0. The molecule has 16 heavy (non-hydrogen) atoms. The fourth-order valence-electron chi connectivity index (χ4n) is 1.04. The third kappa shape index (κ3) is 2.91. The Hall–Kier alpha value is -2.18. The minimum atomic E-state index is -1.54. The maximum Gasteiger partial charge on any atom is 0.341 e. The lowest BCUT2D eigenvalue weighted by atomic mass is 10.1. The minimum absolute atomic E-state index is 0.468. The Bertz CT molecular complexity index is 424. The molecule has 1 aromatic carbocycles. The van der Waals surface area contributed by atoms with Gasteiger partial charge >= 0.3 is 11.9 Å². The molecule has 1 aromatic rings. The van der Waals surface area contributed by atoms with Gasteiger partial charge in [0.1, 0.15) is 5.57 Å². The third-order valence-corrected chi connectivity index (χ3v) is 1.75. The summed E-state index contributed by atoms with van der Waals surface area (Å²) in [5.41, 5.74) is -0.272. The number of rotatable bonds is 3. The van der Waals surface area contributed by atoms with Crippen LogP contribution in [0.15, 0.2) is 35.9 Å². The van der Waals surface area contributed by atoms with Gasteiger partial charge in [0, 0.05) is 0 Å². The van der Waals surface area contributed by atoms with Crippen LogP contribution >= 0.6 is 0 Å².